The monoisotopic (exact) mass is 563 g/mol. The Hall–Kier alpha value is -3.12. The molecular formula is C25H26ClN3O6S2. The Morgan fingerprint density at radius 2 is 1.54 bits per heavy atom. The fraction of sp³-hybridized carbons (Fsp3) is 0.240. The maximum atomic E-state index is 13.6. The van der Waals surface area contributed by atoms with Crippen LogP contribution in [0.25, 0.3) is 0 Å². The van der Waals surface area contributed by atoms with Gasteiger partial charge in [0.2, 0.25) is 15.9 Å². The quantitative estimate of drug-likeness (QED) is 0.416. The van der Waals surface area contributed by atoms with Gasteiger partial charge in [-0.2, -0.15) is 0 Å². The molecule has 12 heteroatoms. The van der Waals surface area contributed by atoms with Crippen molar-refractivity contribution in [2.24, 2.45) is 0 Å². The lowest BCUT2D eigenvalue weighted by atomic mass is 10.2. The highest BCUT2D eigenvalue weighted by Gasteiger charge is 2.32. The molecule has 1 aliphatic rings. The summed E-state index contributed by atoms with van der Waals surface area (Å²) in [5.74, 6) is 0.0476. The number of sulfonamides is 2. The van der Waals surface area contributed by atoms with E-state index in [-0.39, 0.29) is 15.5 Å². The maximum absolute atomic E-state index is 13.6. The van der Waals surface area contributed by atoms with Gasteiger partial charge in [0.25, 0.3) is 10.0 Å². The van der Waals surface area contributed by atoms with E-state index in [0.29, 0.717) is 35.0 Å². The van der Waals surface area contributed by atoms with E-state index in [1.807, 2.05) is 0 Å². The van der Waals surface area contributed by atoms with Crippen LogP contribution in [0, 0.1) is 0 Å². The minimum Gasteiger partial charge on any atom is -0.497 e. The molecule has 0 radical (unpaired) electrons. The molecule has 0 atom stereocenters. The van der Waals surface area contributed by atoms with Gasteiger partial charge in [-0.25, -0.2) is 21.1 Å². The van der Waals surface area contributed by atoms with Crippen LogP contribution < -0.4 is 13.9 Å². The molecule has 0 unspecified atom stereocenters. The number of hydrogen-bond donors (Lipinski definition) is 0. The Labute approximate surface area is 221 Å². The molecule has 1 amide bonds. The standard InChI is InChI=1S/C25H26ClN3O6S2/c1-27(2)36(31,32)23-12-13-24-18(16-23)14-15-28(24)25(30)17-29(20-6-4-19(26)5-7-20)37(33,34)22-10-8-21(35-3)9-11-22/h4-13,16H,14-15,17H2,1-3H3. The lowest BCUT2D eigenvalue weighted by Crippen LogP contribution is -2.42. The molecule has 9 nitrogen and oxygen atoms in total. The van der Waals surface area contributed by atoms with Gasteiger partial charge in [-0.15, -0.1) is 0 Å². The minimum atomic E-state index is -4.13. The number of halogens is 1. The lowest BCUT2D eigenvalue weighted by molar-refractivity contribution is -0.117. The lowest BCUT2D eigenvalue weighted by Gasteiger charge is -2.27. The zero-order chi connectivity index (χ0) is 27.0. The van der Waals surface area contributed by atoms with E-state index in [0.717, 1.165) is 8.61 Å². The topological polar surface area (TPSA) is 104 Å². The summed E-state index contributed by atoms with van der Waals surface area (Å²) in [4.78, 5) is 15.1. The summed E-state index contributed by atoms with van der Waals surface area (Å²) in [5.41, 5.74) is 1.54. The molecule has 0 saturated carbocycles. The summed E-state index contributed by atoms with van der Waals surface area (Å²) < 4.78 is 59.6. The molecule has 0 aliphatic carbocycles. The normalized spacial score (nSPS) is 13.5. The molecule has 0 spiro atoms. The number of anilines is 2. The first kappa shape index (κ1) is 26.9. The van der Waals surface area contributed by atoms with Gasteiger partial charge in [-0.1, -0.05) is 11.6 Å². The molecule has 0 N–H and O–H groups in total. The Morgan fingerprint density at radius 1 is 0.919 bits per heavy atom. The Morgan fingerprint density at radius 3 is 2.14 bits per heavy atom. The second kappa shape index (κ2) is 10.3. The van der Waals surface area contributed by atoms with Crippen LogP contribution in [-0.4, -0.2) is 61.3 Å². The number of carbonyl (C=O) groups excluding carboxylic acids is 1. The molecule has 1 heterocycles. The van der Waals surface area contributed by atoms with E-state index < -0.39 is 32.5 Å². The first-order chi connectivity index (χ1) is 17.4. The molecule has 4 rings (SSSR count). The third-order valence-corrected chi connectivity index (χ3v) is 9.92. The van der Waals surface area contributed by atoms with Crippen LogP contribution in [-0.2, 0) is 31.3 Å². The number of ether oxygens (including phenoxy) is 1. The molecule has 0 saturated heterocycles. The average molecular weight is 564 g/mol. The van der Waals surface area contributed by atoms with Crippen molar-refractivity contribution in [3.8, 4) is 5.75 Å². The molecule has 3 aromatic carbocycles. The van der Waals surface area contributed by atoms with Crippen molar-refractivity contribution in [1.82, 2.24) is 4.31 Å². The SMILES string of the molecule is COc1ccc(S(=O)(=O)N(CC(=O)N2CCc3cc(S(=O)(=O)N(C)C)ccc32)c2ccc(Cl)cc2)cc1. The van der Waals surface area contributed by atoms with Gasteiger partial charge in [0.15, 0.2) is 0 Å². The van der Waals surface area contributed by atoms with Crippen LogP contribution in [0.5, 0.6) is 5.75 Å². The average Bonchev–Trinajstić information content (AvgIpc) is 3.31. The molecule has 37 heavy (non-hydrogen) atoms. The number of rotatable bonds is 8. The highest BCUT2D eigenvalue weighted by atomic mass is 35.5. The Kier molecular flexibility index (Phi) is 7.52. The first-order valence-corrected chi connectivity index (χ1v) is 14.5. The van der Waals surface area contributed by atoms with Gasteiger partial charge in [-0.05, 0) is 78.7 Å². The number of hydrogen-bond acceptors (Lipinski definition) is 6. The summed E-state index contributed by atoms with van der Waals surface area (Å²) in [7, 11) is -3.37. The summed E-state index contributed by atoms with van der Waals surface area (Å²) in [5, 5.41) is 0.425. The second-order valence-corrected chi connectivity index (χ2v) is 13.0. The van der Waals surface area contributed by atoms with E-state index in [1.54, 1.807) is 24.3 Å². The first-order valence-electron chi connectivity index (χ1n) is 11.2. The van der Waals surface area contributed by atoms with Crippen molar-refractivity contribution in [1.29, 1.82) is 0 Å². The zero-order valence-corrected chi connectivity index (χ0v) is 22.8. The van der Waals surface area contributed by atoms with Crippen LogP contribution in [0.2, 0.25) is 5.02 Å². The van der Waals surface area contributed by atoms with Crippen LogP contribution >= 0.6 is 11.6 Å². The summed E-state index contributed by atoms with van der Waals surface area (Å²) in [6.45, 7) is -0.163. The second-order valence-electron chi connectivity index (χ2n) is 8.54. The minimum absolute atomic E-state index is 0.00333. The maximum Gasteiger partial charge on any atom is 0.264 e. The van der Waals surface area contributed by atoms with E-state index >= 15 is 0 Å². The van der Waals surface area contributed by atoms with E-state index in [2.05, 4.69) is 0 Å². The number of benzene rings is 3. The highest BCUT2D eigenvalue weighted by Crippen LogP contribution is 2.32. The van der Waals surface area contributed by atoms with Crippen LogP contribution in [0.4, 0.5) is 11.4 Å². The highest BCUT2D eigenvalue weighted by molar-refractivity contribution is 7.92. The van der Waals surface area contributed by atoms with Gasteiger partial charge in [-0.3, -0.25) is 9.10 Å². The summed E-state index contributed by atoms with van der Waals surface area (Å²) in [6.07, 6.45) is 0.448. The van der Waals surface area contributed by atoms with Crippen molar-refractivity contribution in [2.45, 2.75) is 16.2 Å². The van der Waals surface area contributed by atoms with Crippen LogP contribution in [0.15, 0.2) is 76.5 Å². The number of fused-ring (bicyclic) bond motifs is 1. The van der Waals surface area contributed by atoms with Gasteiger partial charge in [0.1, 0.15) is 12.3 Å². The van der Waals surface area contributed by atoms with Crippen LogP contribution in [0.1, 0.15) is 5.56 Å². The van der Waals surface area contributed by atoms with Gasteiger partial charge in [0, 0.05) is 31.4 Å². The fourth-order valence-electron chi connectivity index (χ4n) is 4.01. The predicted molar refractivity (Wildman–Crippen MR) is 142 cm³/mol. The van der Waals surface area contributed by atoms with E-state index in [9.17, 15) is 21.6 Å². The van der Waals surface area contributed by atoms with Gasteiger partial charge < -0.3 is 9.64 Å². The molecule has 0 fully saturated rings. The predicted octanol–water partition coefficient (Wildman–Crippen LogP) is 3.38. The smallest absolute Gasteiger partial charge is 0.264 e. The van der Waals surface area contributed by atoms with Gasteiger partial charge >= 0.3 is 0 Å². The van der Waals surface area contributed by atoms with Crippen molar-refractivity contribution in [3.05, 3.63) is 77.3 Å². The summed E-state index contributed by atoms with van der Waals surface area (Å²) >= 11 is 6.01. The van der Waals surface area contributed by atoms with Crippen molar-refractivity contribution in [3.63, 3.8) is 0 Å². The Balaban J connectivity index is 1.67. The summed E-state index contributed by atoms with van der Waals surface area (Å²) in [6, 6.07) is 16.7. The molecule has 0 aromatic heterocycles. The fourth-order valence-corrected chi connectivity index (χ4v) is 6.51. The van der Waals surface area contributed by atoms with Crippen LogP contribution in [0.3, 0.4) is 0 Å². The Bertz CT molecular complexity index is 1520. The van der Waals surface area contributed by atoms with Crippen molar-refractivity contribution >= 4 is 48.9 Å². The van der Waals surface area contributed by atoms with E-state index in [1.165, 1.54) is 68.6 Å². The van der Waals surface area contributed by atoms with Crippen molar-refractivity contribution < 1.29 is 26.4 Å². The largest absolute Gasteiger partial charge is 0.497 e. The molecule has 196 valence electrons. The third kappa shape index (κ3) is 5.30. The van der Waals surface area contributed by atoms with E-state index in [4.69, 9.17) is 16.3 Å². The zero-order valence-electron chi connectivity index (χ0n) is 20.5. The van der Waals surface area contributed by atoms with Crippen molar-refractivity contribution in [2.75, 3.05) is 43.5 Å². The number of carbonyl (C=O) groups is 1. The molecule has 1 aliphatic heterocycles. The number of nitrogens with zero attached hydrogens (tertiary/aromatic N) is 3. The third-order valence-electron chi connectivity index (χ3n) is 6.07. The number of amides is 1. The molecular weight excluding hydrogens is 538 g/mol. The number of methoxy groups -OCH3 is 1. The molecule has 3 aromatic rings. The molecule has 0 bridgehead atoms. The van der Waals surface area contributed by atoms with Gasteiger partial charge in [0.05, 0.1) is 22.6 Å².